The van der Waals surface area contributed by atoms with Gasteiger partial charge in [-0.25, -0.2) is 0 Å². The van der Waals surface area contributed by atoms with Crippen molar-refractivity contribution in [1.82, 2.24) is 9.80 Å². The molecule has 2 saturated heterocycles. The molecule has 0 bridgehead atoms. The summed E-state index contributed by atoms with van der Waals surface area (Å²) in [5.41, 5.74) is -1.86. The van der Waals surface area contributed by atoms with Crippen molar-refractivity contribution in [2.75, 3.05) is 37.7 Å². The van der Waals surface area contributed by atoms with Crippen LogP contribution in [0.4, 0.5) is 5.69 Å². The number of ether oxygens (including phenoxy) is 1. The zero-order chi connectivity index (χ0) is 25.0. The lowest BCUT2D eigenvalue weighted by atomic mass is 9.74. The van der Waals surface area contributed by atoms with Crippen LogP contribution in [-0.4, -0.2) is 82.7 Å². The predicted molar refractivity (Wildman–Crippen MR) is 131 cm³/mol. The highest BCUT2D eigenvalue weighted by Gasteiger charge is 2.74. The van der Waals surface area contributed by atoms with Crippen LogP contribution in [0.5, 0.6) is 0 Å². The molecular weight excluding hydrogens is 470 g/mol. The van der Waals surface area contributed by atoms with Gasteiger partial charge in [-0.1, -0.05) is 55.0 Å². The van der Waals surface area contributed by atoms with Gasteiger partial charge < -0.3 is 24.5 Å². The van der Waals surface area contributed by atoms with Crippen LogP contribution in [0.25, 0.3) is 0 Å². The van der Waals surface area contributed by atoms with Crippen LogP contribution in [0, 0.1) is 11.8 Å². The molecule has 1 spiro atoms. The second-order valence-corrected chi connectivity index (χ2v) is 10.1. The van der Waals surface area contributed by atoms with E-state index < -0.39 is 29.1 Å². The third-order valence-corrected chi connectivity index (χ3v) is 7.94. The number of aliphatic hydroxyl groups excluding tert-OH is 1. The molecule has 0 aromatic heterocycles. The average molecular weight is 500 g/mol. The summed E-state index contributed by atoms with van der Waals surface area (Å²) < 4.78 is 6.71. The van der Waals surface area contributed by atoms with Gasteiger partial charge in [0.1, 0.15) is 11.6 Å². The zero-order valence-electron chi connectivity index (χ0n) is 19.9. The van der Waals surface area contributed by atoms with Gasteiger partial charge in [0.05, 0.1) is 34.8 Å². The SMILES string of the molecule is CCCN1CC=C[C@@]2(C)O[C@]34C=CCN(c5ccccc5Cl)C(=O)C3N(CCO)C(=O)[C@@H]4[C@H]2C1=O. The van der Waals surface area contributed by atoms with E-state index in [9.17, 15) is 19.5 Å². The Morgan fingerprint density at radius 1 is 1.03 bits per heavy atom. The minimum Gasteiger partial charge on any atom is -0.395 e. The van der Waals surface area contributed by atoms with Crippen LogP contribution < -0.4 is 4.90 Å². The third kappa shape index (κ3) is 3.45. The summed E-state index contributed by atoms with van der Waals surface area (Å²) in [6, 6.07) is 6.01. The monoisotopic (exact) mass is 499 g/mol. The van der Waals surface area contributed by atoms with Crippen molar-refractivity contribution in [3.8, 4) is 0 Å². The van der Waals surface area contributed by atoms with E-state index in [1.165, 1.54) is 4.90 Å². The maximum absolute atomic E-state index is 14.1. The Labute approximate surface area is 209 Å². The number of anilines is 1. The highest BCUT2D eigenvalue weighted by molar-refractivity contribution is 6.34. The number of hydrogen-bond donors (Lipinski definition) is 1. The van der Waals surface area contributed by atoms with E-state index in [1.807, 2.05) is 32.1 Å². The summed E-state index contributed by atoms with van der Waals surface area (Å²) in [6.45, 7) is 4.75. The maximum atomic E-state index is 14.1. The van der Waals surface area contributed by atoms with Crippen LogP contribution in [0.15, 0.2) is 48.6 Å². The maximum Gasteiger partial charge on any atom is 0.253 e. The molecule has 3 amide bonds. The molecule has 9 heteroatoms. The summed E-state index contributed by atoms with van der Waals surface area (Å²) in [6.07, 6.45) is 8.18. The third-order valence-electron chi connectivity index (χ3n) is 7.62. The number of likely N-dealkylation sites (tertiary alicyclic amines) is 1. The van der Waals surface area contributed by atoms with Crippen molar-refractivity contribution >= 4 is 35.0 Å². The van der Waals surface area contributed by atoms with Gasteiger partial charge in [0.25, 0.3) is 5.91 Å². The molecule has 186 valence electrons. The van der Waals surface area contributed by atoms with Gasteiger partial charge in [0.2, 0.25) is 11.8 Å². The highest BCUT2D eigenvalue weighted by Crippen LogP contribution is 2.57. The second-order valence-electron chi connectivity index (χ2n) is 9.74. The average Bonchev–Trinajstić information content (AvgIpc) is 3.09. The van der Waals surface area contributed by atoms with Crippen molar-refractivity contribution in [3.63, 3.8) is 0 Å². The van der Waals surface area contributed by atoms with E-state index in [0.29, 0.717) is 23.8 Å². The summed E-state index contributed by atoms with van der Waals surface area (Å²) >= 11 is 6.43. The first-order valence-electron chi connectivity index (χ1n) is 12.1. The molecule has 0 radical (unpaired) electrons. The van der Waals surface area contributed by atoms with Crippen molar-refractivity contribution in [1.29, 1.82) is 0 Å². The van der Waals surface area contributed by atoms with E-state index in [0.717, 1.165) is 6.42 Å². The molecule has 1 aromatic rings. The van der Waals surface area contributed by atoms with Crippen molar-refractivity contribution < 1.29 is 24.2 Å². The lowest BCUT2D eigenvalue weighted by molar-refractivity contribution is -0.148. The smallest absolute Gasteiger partial charge is 0.253 e. The predicted octanol–water partition coefficient (Wildman–Crippen LogP) is 2.01. The quantitative estimate of drug-likeness (QED) is 0.626. The number of halogens is 1. The molecule has 35 heavy (non-hydrogen) atoms. The molecule has 2 fully saturated rings. The second kappa shape index (κ2) is 8.76. The summed E-state index contributed by atoms with van der Waals surface area (Å²) in [5, 5.41) is 10.2. The number of hydrogen-bond acceptors (Lipinski definition) is 5. The Kier molecular flexibility index (Phi) is 6.02. The van der Waals surface area contributed by atoms with Crippen molar-refractivity contribution in [2.45, 2.75) is 37.5 Å². The van der Waals surface area contributed by atoms with Crippen LogP contribution in [-0.2, 0) is 19.1 Å². The first-order valence-corrected chi connectivity index (χ1v) is 12.5. The molecule has 1 unspecified atom stereocenters. The molecular formula is C26H30ClN3O5. The largest absolute Gasteiger partial charge is 0.395 e. The lowest BCUT2D eigenvalue weighted by Gasteiger charge is -2.37. The molecule has 4 aliphatic heterocycles. The minimum atomic E-state index is -1.34. The van der Waals surface area contributed by atoms with Gasteiger partial charge in [-0.2, -0.15) is 0 Å². The van der Waals surface area contributed by atoms with Crippen LogP contribution >= 0.6 is 11.6 Å². The van der Waals surface area contributed by atoms with Gasteiger partial charge in [-0.05, 0) is 25.5 Å². The number of benzene rings is 1. The number of amides is 3. The number of para-hydroxylation sites is 1. The first-order chi connectivity index (χ1) is 16.8. The molecule has 1 N–H and O–H groups in total. The molecule has 4 heterocycles. The van der Waals surface area contributed by atoms with Gasteiger partial charge in [-0.3, -0.25) is 14.4 Å². The number of aliphatic hydroxyl groups is 1. The number of fused-ring (bicyclic) bond motifs is 2. The molecule has 0 saturated carbocycles. The Bertz CT molecular complexity index is 1120. The fourth-order valence-corrected chi connectivity index (χ4v) is 6.52. The van der Waals surface area contributed by atoms with Gasteiger partial charge in [0.15, 0.2) is 0 Å². The Hall–Kier alpha value is -2.68. The molecule has 5 rings (SSSR count). The fourth-order valence-electron chi connectivity index (χ4n) is 6.28. The van der Waals surface area contributed by atoms with E-state index >= 15 is 0 Å². The lowest BCUT2D eigenvalue weighted by Crippen LogP contribution is -2.56. The van der Waals surface area contributed by atoms with Crippen LogP contribution in [0.2, 0.25) is 5.02 Å². The topological polar surface area (TPSA) is 90.4 Å². The number of carbonyl (C=O) groups is 3. The van der Waals surface area contributed by atoms with Crippen molar-refractivity contribution in [3.05, 3.63) is 53.6 Å². The Balaban J connectivity index is 1.64. The number of rotatable bonds is 5. The number of carbonyl (C=O) groups excluding carboxylic acids is 3. The highest BCUT2D eigenvalue weighted by atomic mass is 35.5. The van der Waals surface area contributed by atoms with Gasteiger partial charge in [-0.15, -0.1) is 0 Å². The Morgan fingerprint density at radius 3 is 2.49 bits per heavy atom. The fraction of sp³-hybridized carbons (Fsp3) is 0.500. The molecule has 5 atom stereocenters. The van der Waals surface area contributed by atoms with Crippen molar-refractivity contribution in [2.24, 2.45) is 11.8 Å². The summed E-state index contributed by atoms with van der Waals surface area (Å²) in [5.74, 6) is -2.51. The minimum absolute atomic E-state index is 0.0345. The standard InChI is InChI=1S/C26H30ClN3O5/c1-3-12-28-13-6-10-25(2)19(22(28)32)20-23(33)30(15-16-31)21-24(34)29(14-7-11-26(20,21)35-25)18-9-5-4-8-17(18)27/h4-11,19-21,31H,3,12-16H2,1-2H3/t19-,20-,21?,25+,26-/m0/s1. The van der Waals surface area contributed by atoms with Crippen LogP contribution in [0.3, 0.4) is 0 Å². The van der Waals surface area contributed by atoms with E-state index in [2.05, 4.69) is 0 Å². The zero-order valence-corrected chi connectivity index (χ0v) is 20.6. The molecule has 1 aromatic carbocycles. The normalized spacial score (nSPS) is 34.1. The first kappa shape index (κ1) is 24.0. The summed E-state index contributed by atoms with van der Waals surface area (Å²) in [7, 11) is 0. The molecule has 8 nitrogen and oxygen atoms in total. The van der Waals surface area contributed by atoms with Gasteiger partial charge >= 0.3 is 0 Å². The molecule has 4 aliphatic rings. The van der Waals surface area contributed by atoms with Crippen LogP contribution in [0.1, 0.15) is 20.3 Å². The van der Waals surface area contributed by atoms with Gasteiger partial charge in [0, 0.05) is 26.2 Å². The summed E-state index contributed by atoms with van der Waals surface area (Å²) in [4.78, 5) is 46.5. The Morgan fingerprint density at radius 2 is 1.77 bits per heavy atom. The van der Waals surface area contributed by atoms with E-state index in [-0.39, 0.29) is 37.4 Å². The van der Waals surface area contributed by atoms with E-state index in [4.69, 9.17) is 16.3 Å². The number of β-amino-alcohol motifs (C(OH)–C–C–N with tert-alkyl or cyclic N) is 1. The molecule has 0 aliphatic carbocycles. The number of nitrogens with zero attached hydrogens (tertiary/aromatic N) is 3. The van der Waals surface area contributed by atoms with E-state index in [1.54, 1.807) is 40.1 Å².